The highest BCUT2D eigenvalue weighted by atomic mass is 15.3. The molecule has 0 aromatic heterocycles. The van der Waals surface area contributed by atoms with Crippen LogP contribution in [0.15, 0.2) is 297 Å². The number of hydrogen-bond acceptors (Lipinski definition) is 5. The van der Waals surface area contributed by atoms with Crippen LogP contribution in [0, 0.1) is 0 Å². The van der Waals surface area contributed by atoms with E-state index in [0.717, 1.165) is 108 Å². The summed E-state index contributed by atoms with van der Waals surface area (Å²) in [4.78, 5) is 11.9. The average Bonchev–Trinajstić information content (AvgIpc) is 3.48. The van der Waals surface area contributed by atoms with E-state index in [1.165, 1.54) is 10.8 Å². The molecule has 5 heteroatoms. The quantitative estimate of drug-likeness (QED) is 0.143. The molecule has 2 aliphatic heterocycles. The van der Waals surface area contributed by atoms with Gasteiger partial charge in [0.2, 0.25) is 0 Å². The fourth-order valence-corrected chi connectivity index (χ4v) is 11.2. The van der Waals surface area contributed by atoms with E-state index >= 15 is 0 Å². The Balaban J connectivity index is 0.801. The maximum absolute atomic E-state index is 2.40. The third-order valence-electron chi connectivity index (χ3n) is 14.6. The van der Waals surface area contributed by atoms with E-state index in [9.17, 15) is 0 Å². The van der Waals surface area contributed by atoms with Gasteiger partial charge < -0.3 is 24.5 Å². The third kappa shape index (κ3) is 7.74. The van der Waals surface area contributed by atoms with Crippen LogP contribution < -0.4 is 24.5 Å². The molecule has 0 saturated heterocycles. The molecule has 2 aliphatic rings. The summed E-state index contributed by atoms with van der Waals surface area (Å²) in [5.41, 5.74) is 21.4. The minimum Gasteiger partial charge on any atom is -0.310 e. The minimum absolute atomic E-state index is 1.08. The average molecular weight is 960 g/mol. The highest BCUT2D eigenvalue weighted by Crippen LogP contribution is 2.56. The zero-order valence-electron chi connectivity index (χ0n) is 41.0. The molecule has 75 heavy (non-hydrogen) atoms. The molecule has 354 valence electrons. The zero-order valence-corrected chi connectivity index (χ0v) is 41.0. The summed E-state index contributed by atoms with van der Waals surface area (Å²) in [6.07, 6.45) is 0. The van der Waals surface area contributed by atoms with Gasteiger partial charge in [-0.1, -0.05) is 164 Å². The zero-order chi connectivity index (χ0) is 49.7. The van der Waals surface area contributed by atoms with Crippen LogP contribution in [0.5, 0.6) is 0 Å². The van der Waals surface area contributed by atoms with Gasteiger partial charge in [-0.2, -0.15) is 0 Å². The number of para-hydroxylation sites is 10. The fraction of sp³-hybridized carbons (Fsp3) is 0. The topological polar surface area (TPSA) is 16.2 Å². The number of fused-ring (bicyclic) bond motifs is 5. The highest BCUT2D eigenvalue weighted by Gasteiger charge is 2.32. The minimum atomic E-state index is 1.08. The number of anilines is 15. The lowest BCUT2D eigenvalue weighted by Gasteiger charge is -2.40. The summed E-state index contributed by atoms with van der Waals surface area (Å²) in [6.45, 7) is 0. The molecular formula is C70H49N5. The maximum Gasteiger partial charge on any atom is 0.0703 e. The van der Waals surface area contributed by atoms with Crippen molar-refractivity contribution in [3.8, 4) is 22.3 Å². The molecule has 12 aromatic carbocycles. The van der Waals surface area contributed by atoms with Crippen LogP contribution >= 0.6 is 0 Å². The molecule has 2 heterocycles. The van der Waals surface area contributed by atoms with Gasteiger partial charge in [0.1, 0.15) is 0 Å². The molecule has 0 bridgehead atoms. The molecule has 0 radical (unpaired) electrons. The van der Waals surface area contributed by atoms with Gasteiger partial charge in [-0.05, 0) is 166 Å². The fourth-order valence-electron chi connectivity index (χ4n) is 11.2. The van der Waals surface area contributed by atoms with Gasteiger partial charge in [0.15, 0.2) is 0 Å². The summed E-state index contributed by atoms with van der Waals surface area (Å²) < 4.78 is 0. The first-order chi connectivity index (χ1) is 37.2. The second-order valence-electron chi connectivity index (χ2n) is 19.0. The lowest BCUT2D eigenvalue weighted by Crippen LogP contribution is -2.23. The van der Waals surface area contributed by atoms with Gasteiger partial charge in [-0.25, -0.2) is 0 Å². The Morgan fingerprint density at radius 1 is 0.187 bits per heavy atom. The molecule has 14 rings (SSSR count). The SMILES string of the molecule is c1ccc(N2c3ccccc3N(c3cccc(-c4ccc(N(c5ccc(-c6cccc(N7c8ccccc8N(c8ccccc8)c8ccccc87)c6)cc5)c5ccc6ccccc6c5)cc4)c3)c3ccccc32)cc1. The molecule has 0 saturated carbocycles. The second-order valence-corrected chi connectivity index (χ2v) is 19.0. The summed E-state index contributed by atoms with van der Waals surface area (Å²) in [7, 11) is 0. The van der Waals surface area contributed by atoms with Crippen molar-refractivity contribution in [2.75, 3.05) is 24.5 Å². The summed E-state index contributed by atoms with van der Waals surface area (Å²) >= 11 is 0. The molecule has 0 aliphatic carbocycles. The molecule has 0 N–H and O–H groups in total. The van der Waals surface area contributed by atoms with Gasteiger partial charge in [0, 0.05) is 39.8 Å². The molecule has 0 fully saturated rings. The Labute approximate surface area is 437 Å². The monoisotopic (exact) mass is 959 g/mol. The first kappa shape index (κ1) is 43.7. The normalized spacial score (nSPS) is 12.4. The first-order valence-electron chi connectivity index (χ1n) is 25.6. The van der Waals surface area contributed by atoms with Crippen LogP contribution in [-0.4, -0.2) is 0 Å². The van der Waals surface area contributed by atoms with Crippen LogP contribution in [0.4, 0.5) is 85.3 Å². The van der Waals surface area contributed by atoms with Gasteiger partial charge in [0.25, 0.3) is 0 Å². The molecule has 0 spiro atoms. The lowest BCUT2D eigenvalue weighted by molar-refractivity contribution is 1.17. The number of benzene rings is 12. The first-order valence-corrected chi connectivity index (χ1v) is 25.6. The molecule has 0 atom stereocenters. The van der Waals surface area contributed by atoms with E-state index in [0.29, 0.717) is 0 Å². The van der Waals surface area contributed by atoms with Crippen molar-refractivity contribution in [3.05, 3.63) is 297 Å². The smallest absolute Gasteiger partial charge is 0.0703 e. The summed E-state index contributed by atoms with van der Waals surface area (Å²) in [5.74, 6) is 0. The third-order valence-corrected chi connectivity index (χ3v) is 14.6. The van der Waals surface area contributed by atoms with Crippen molar-refractivity contribution in [2.45, 2.75) is 0 Å². The van der Waals surface area contributed by atoms with E-state index in [1.807, 2.05) is 0 Å². The molecule has 12 aromatic rings. The van der Waals surface area contributed by atoms with E-state index in [-0.39, 0.29) is 0 Å². The Morgan fingerprint density at radius 2 is 0.493 bits per heavy atom. The van der Waals surface area contributed by atoms with Crippen LogP contribution in [0.25, 0.3) is 33.0 Å². The predicted octanol–water partition coefficient (Wildman–Crippen LogP) is 20.1. The van der Waals surface area contributed by atoms with Crippen molar-refractivity contribution in [3.63, 3.8) is 0 Å². The van der Waals surface area contributed by atoms with E-state index in [1.54, 1.807) is 0 Å². The summed E-state index contributed by atoms with van der Waals surface area (Å²) in [6, 6.07) is 107. The van der Waals surface area contributed by atoms with Gasteiger partial charge in [-0.15, -0.1) is 0 Å². The van der Waals surface area contributed by atoms with E-state index < -0.39 is 0 Å². The summed E-state index contributed by atoms with van der Waals surface area (Å²) in [5, 5.41) is 2.41. The van der Waals surface area contributed by atoms with Crippen LogP contribution in [0.1, 0.15) is 0 Å². The molecule has 5 nitrogen and oxygen atoms in total. The van der Waals surface area contributed by atoms with Gasteiger partial charge in [-0.3, -0.25) is 0 Å². The van der Waals surface area contributed by atoms with E-state index in [2.05, 4.69) is 322 Å². The molecular weight excluding hydrogens is 911 g/mol. The Bertz CT molecular complexity index is 3720. The van der Waals surface area contributed by atoms with Crippen molar-refractivity contribution < 1.29 is 0 Å². The Kier molecular flexibility index (Phi) is 10.8. The van der Waals surface area contributed by atoms with Gasteiger partial charge in [0.05, 0.1) is 45.5 Å². The highest BCUT2D eigenvalue weighted by molar-refractivity contribution is 6.03. The standard InChI is InChI=1S/C70H49N5/c1-3-23-56(24-4-1)72-63-29-9-13-33-67(63)74(68-34-14-10-30-64(68)72)60-27-17-21-54(47-60)51-37-42-58(43-38-51)71(62-46-41-50-19-7-8-20-53(50)49-62)59-44-39-52(40-45-59)55-22-18-28-61(48-55)75-69-35-15-11-31-65(69)73(57-25-5-2-6-26-57)66-32-12-16-36-70(66)75/h1-49H. The van der Waals surface area contributed by atoms with Crippen molar-refractivity contribution in [1.82, 2.24) is 0 Å². The predicted molar refractivity (Wildman–Crippen MR) is 315 cm³/mol. The van der Waals surface area contributed by atoms with Crippen LogP contribution in [-0.2, 0) is 0 Å². The van der Waals surface area contributed by atoms with Crippen LogP contribution in [0.2, 0.25) is 0 Å². The van der Waals surface area contributed by atoms with Crippen molar-refractivity contribution >= 4 is 96.1 Å². The molecule has 0 unspecified atom stereocenters. The van der Waals surface area contributed by atoms with Gasteiger partial charge >= 0.3 is 0 Å². The Morgan fingerprint density at radius 3 is 0.880 bits per heavy atom. The van der Waals surface area contributed by atoms with Crippen LogP contribution in [0.3, 0.4) is 0 Å². The molecule has 0 amide bonds. The maximum atomic E-state index is 2.40. The van der Waals surface area contributed by atoms with E-state index in [4.69, 9.17) is 0 Å². The number of rotatable bonds is 9. The van der Waals surface area contributed by atoms with Crippen molar-refractivity contribution in [2.24, 2.45) is 0 Å². The van der Waals surface area contributed by atoms with Crippen molar-refractivity contribution in [1.29, 1.82) is 0 Å². The second kappa shape index (κ2) is 18.5. The number of nitrogens with zero attached hydrogens (tertiary/aromatic N) is 5. The number of hydrogen-bond donors (Lipinski definition) is 0. The Hall–Kier alpha value is -10.1. The lowest BCUT2D eigenvalue weighted by atomic mass is 10.0. The largest absolute Gasteiger partial charge is 0.310 e.